The number of phenolic OH excluding ortho intramolecular Hbond substituents is 4. The van der Waals surface area contributed by atoms with Gasteiger partial charge >= 0.3 is 0 Å². The molecule has 0 spiro atoms. The van der Waals surface area contributed by atoms with Gasteiger partial charge in [0.1, 0.15) is 0 Å². The fourth-order valence-corrected chi connectivity index (χ4v) is 0.928. The van der Waals surface area contributed by atoms with E-state index in [0.29, 0.717) is 0 Å². The van der Waals surface area contributed by atoms with E-state index in [2.05, 4.69) is 0 Å². The molecule has 0 fully saturated rings. The van der Waals surface area contributed by atoms with Crippen molar-refractivity contribution in [1.82, 2.24) is 0 Å². The summed E-state index contributed by atoms with van der Waals surface area (Å²) in [6.45, 7) is 4.00. The molecule has 2 aromatic carbocycles. The van der Waals surface area contributed by atoms with Gasteiger partial charge in [-0.25, -0.2) is 0 Å². The first-order valence-electron chi connectivity index (χ1n) is 5.55. The highest BCUT2D eigenvalue weighted by Gasteiger charge is 1.90. The third-order valence-electron chi connectivity index (χ3n) is 1.76. The van der Waals surface area contributed by atoms with Crippen LogP contribution in [0, 0.1) is 0 Å². The average molecular weight is 250 g/mol. The topological polar surface area (TPSA) is 80.9 Å². The van der Waals surface area contributed by atoms with Crippen LogP contribution in [0.2, 0.25) is 0 Å². The zero-order valence-electron chi connectivity index (χ0n) is 10.4. The Labute approximate surface area is 106 Å². The summed E-state index contributed by atoms with van der Waals surface area (Å²) in [5.74, 6) is -0.306. The molecule has 0 radical (unpaired) electrons. The monoisotopic (exact) mass is 250 g/mol. The van der Waals surface area contributed by atoms with Crippen LogP contribution in [0.15, 0.2) is 48.5 Å². The van der Waals surface area contributed by atoms with E-state index in [-0.39, 0.29) is 23.0 Å². The van der Waals surface area contributed by atoms with E-state index >= 15 is 0 Å². The zero-order chi connectivity index (χ0) is 14.0. The minimum Gasteiger partial charge on any atom is -0.504 e. The van der Waals surface area contributed by atoms with Gasteiger partial charge in [-0.15, -0.1) is 0 Å². The number of para-hydroxylation sites is 4. The lowest BCUT2D eigenvalue weighted by Gasteiger charge is -1.91. The van der Waals surface area contributed by atoms with Gasteiger partial charge in [-0.05, 0) is 24.3 Å². The SMILES string of the molecule is CC.Oc1ccccc1O.Oc1ccccc1O. The van der Waals surface area contributed by atoms with Crippen molar-refractivity contribution in [3.63, 3.8) is 0 Å². The van der Waals surface area contributed by atoms with Crippen LogP contribution in [0.3, 0.4) is 0 Å². The summed E-state index contributed by atoms with van der Waals surface area (Å²) in [6, 6.07) is 12.3. The molecule has 0 amide bonds. The Kier molecular flexibility index (Phi) is 7.61. The Balaban J connectivity index is 0.000000283. The van der Waals surface area contributed by atoms with E-state index < -0.39 is 0 Å². The maximum Gasteiger partial charge on any atom is 0.157 e. The molecule has 0 bridgehead atoms. The first kappa shape index (κ1) is 15.6. The summed E-state index contributed by atoms with van der Waals surface area (Å²) < 4.78 is 0. The number of hydrogen-bond acceptors (Lipinski definition) is 4. The second kappa shape index (κ2) is 8.75. The van der Waals surface area contributed by atoms with Crippen molar-refractivity contribution >= 4 is 0 Å². The number of aromatic hydroxyl groups is 4. The molecule has 4 nitrogen and oxygen atoms in total. The molecule has 18 heavy (non-hydrogen) atoms. The molecule has 0 aromatic heterocycles. The van der Waals surface area contributed by atoms with E-state index in [1.165, 1.54) is 24.3 Å². The second-order valence-corrected chi connectivity index (χ2v) is 2.98. The van der Waals surface area contributed by atoms with Crippen molar-refractivity contribution in [1.29, 1.82) is 0 Å². The van der Waals surface area contributed by atoms with Crippen LogP contribution in [0.25, 0.3) is 0 Å². The third-order valence-corrected chi connectivity index (χ3v) is 1.76. The molecule has 2 rings (SSSR count). The largest absolute Gasteiger partial charge is 0.504 e. The second-order valence-electron chi connectivity index (χ2n) is 2.98. The van der Waals surface area contributed by atoms with Crippen molar-refractivity contribution in [2.24, 2.45) is 0 Å². The maximum atomic E-state index is 8.67. The first-order chi connectivity index (χ1) is 8.61. The number of benzene rings is 2. The average Bonchev–Trinajstić information content (AvgIpc) is 2.40. The Morgan fingerprint density at radius 3 is 0.778 bits per heavy atom. The predicted molar refractivity (Wildman–Crippen MR) is 70.9 cm³/mol. The van der Waals surface area contributed by atoms with Gasteiger partial charge in [-0.1, -0.05) is 38.1 Å². The number of rotatable bonds is 0. The van der Waals surface area contributed by atoms with Crippen molar-refractivity contribution < 1.29 is 20.4 Å². The highest BCUT2D eigenvalue weighted by Crippen LogP contribution is 2.21. The number of hydrogen-bond donors (Lipinski definition) is 4. The quantitative estimate of drug-likeness (QED) is 0.541. The zero-order valence-corrected chi connectivity index (χ0v) is 10.4. The van der Waals surface area contributed by atoms with E-state index in [0.717, 1.165) is 0 Å². The van der Waals surface area contributed by atoms with Gasteiger partial charge in [0, 0.05) is 0 Å². The van der Waals surface area contributed by atoms with Crippen molar-refractivity contribution in [3.8, 4) is 23.0 Å². The summed E-state index contributed by atoms with van der Waals surface area (Å²) in [5.41, 5.74) is 0. The summed E-state index contributed by atoms with van der Waals surface area (Å²) in [4.78, 5) is 0. The Bertz CT molecular complexity index is 370. The highest BCUT2D eigenvalue weighted by molar-refractivity contribution is 5.36. The lowest BCUT2D eigenvalue weighted by Crippen LogP contribution is -1.63. The Hall–Kier alpha value is -2.36. The molecule has 4 N–H and O–H groups in total. The van der Waals surface area contributed by atoms with Crippen LogP contribution in [0.1, 0.15) is 13.8 Å². The van der Waals surface area contributed by atoms with Crippen LogP contribution < -0.4 is 0 Å². The fraction of sp³-hybridized carbons (Fsp3) is 0.143. The summed E-state index contributed by atoms with van der Waals surface area (Å²) in [5, 5.41) is 34.7. The third kappa shape index (κ3) is 5.65. The predicted octanol–water partition coefficient (Wildman–Crippen LogP) is 3.22. The van der Waals surface area contributed by atoms with Crippen molar-refractivity contribution in [2.75, 3.05) is 0 Å². The maximum absolute atomic E-state index is 8.67. The molecule has 4 heteroatoms. The number of phenols is 4. The van der Waals surface area contributed by atoms with Crippen molar-refractivity contribution in [2.45, 2.75) is 13.8 Å². The molecular formula is C14H18O4. The molecular weight excluding hydrogens is 232 g/mol. The van der Waals surface area contributed by atoms with Gasteiger partial charge in [-0.3, -0.25) is 0 Å². The fourth-order valence-electron chi connectivity index (χ4n) is 0.928. The van der Waals surface area contributed by atoms with Gasteiger partial charge in [0.05, 0.1) is 0 Å². The normalized spacial score (nSPS) is 8.33. The van der Waals surface area contributed by atoms with Gasteiger partial charge in [-0.2, -0.15) is 0 Å². The molecule has 0 unspecified atom stereocenters. The van der Waals surface area contributed by atoms with Crippen LogP contribution in [0.5, 0.6) is 23.0 Å². The van der Waals surface area contributed by atoms with Gasteiger partial charge in [0.2, 0.25) is 0 Å². The highest BCUT2D eigenvalue weighted by atomic mass is 16.3. The molecule has 0 aliphatic rings. The lowest BCUT2D eigenvalue weighted by molar-refractivity contribution is 0.404. The molecule has 0 atom stereocenters. The van der Waals surface area contributed by atoms with Gasteiger partial charge < -0.3 is 20.4 Å². The van der Waals surface area contributed by atoms with Crippen molar-refractivity contribution in [3.05, 3.63) is 48.5 Å². The molecule has 0 heterocycles. The van der Waals surface area contributed by atoms with Gasteiger partial charge in [0.25, 0.3) is 0 Å². The Morgan fingerprint density at radius 2 is 0.667 bits per heavy atom. The van der Waals surface area contributed by atoms with Crippen LogP contribution >= 0.6 is 0 Å². The van der Waals surface area contributed by atoms with Crippen LogP contribution in [-0.4, -0.2) is 20.4 Å². The molecule has 0 aliphatic carbocycles. The standard InChI is InChI=1S/2C6H6O2.C2H6/c2*7-5-3-1-2-4-6(5)8;1-2/h2*1-4,7-8H;1-2H3. The molecule has 0 saturated heterocycles. The molecule has 0 aliphatic heterocycles. The van der Waals surface area contributed by atoms with E-state index in [4.69, 9.17) is 20.4 Å². The minimum atomic E-state index is -0.0764. The van der Waals surface area contributed by atoms with Gasteiger partial charge in [0.15, 0.2) is 23.0 Å². The van der Waals surface area contributed by atoms with E-state index in [9.17, 15) is 0 Å². The Morgan fingerprint density at radius 1 is 0.500 bits per heavy atom. The van der Waals surface area contributed by atoms with Crippen LogP contribution in [0.4, 0.5) is 0 Å². The lowest BCUT2D eigenvalue weighted by atomic mass is 10.3. The summed E-state index contributed by atoms with van der Waals surface area (Å²) in [7, 11) is 0. The molecule has 98 valence electrons. The summed E-state index contributed by atoms with van der Waals surface area (Å²) >= 11 is 0. The van der Waals surface area contributed by atoms with Crippen LogP contribution in [-0.2, 0) is 0 Å². The molecule has 0 saturated carbocycles. The smallest absolute Gasteiger partial charge is 0.157 e. The molecule has 2 aromatic rings. The van der Waals surface area contributed by atoms with E-state index in [1.54, 1.807) is 24.3 Å². The first-order valence-corrected chi connectivity index (χ1v) is 5.55. The summed E-state index contributed by atoms with van der Waals surface area (Å²) in [6.07, 6.45) is 0. The minimum absolute atomic E-state index is 0.0764. The van der Waals surface area contributed by atoms with E-state index in [1.807, 2.05) is 13.8 Å².